The van der Waals surface area contributed by atoms with Crippen molar-refractivity contribution in [3.63, 3.8) is 0 Å². The third kappa shape index (κ3) is 3.22. The predicted octanol–water partition coefficient (Wildman–Crippen LogP) is 0.858. The Hall–Kier alpha value is -1.29. The molecule has 1 atom stereocenters. The lowest BCUT2D eigenvalue weighted by atomic mass is 10.2. The van der Waals surface area contributed by atoms with Gasteiger partial charge in [0, 0.05) is 24.8 Å². The fraction of sp³-hybridized carbons (Fsp3) is 0.500. The van der Waals surface area contributed by atoms with E-state index in [0.717, 1.165) is 18.8 Å². The summed E-state index contributed by atoms with van der Waals surface area (Å²) in [6, 6.07) is 0.0913. The average Bonchev–Trinajstić information content (AvgIpc) is 2.26. The van der Waals surface area contributed by atoms with Crippen LogP contribution in [-0.2, 0) is 0 Å². The quantitative estimate of drug-likeness (QED) is 0.354. The van der Waals surface area contributed by atoms with Crippen LogP contribution in [0.15, 0.2) is 29.1 Å². The minimum Gasteiger partial charge on any atom is -0.411 e. The Balaban J connectivity index is 2.33. The van der Waals surface area contributed by atoms with Gasteiger partial charge in [0.05, 0.1) is 5.71 Å². The number of oxime groups is 1. The summed E-state index contributed by atoms with van der Waals surface area (Å²) >= 11 is 0. The Morgan fingerprint density at radius 2 is 2.57 bits per heavy atom. The fourth-order valence-corrected chi connectivity index (χ4v) is 1.12. The van der Waals surface area contributed by atoms with Gasteiger partial charge >= 0.3 is 0 Å². The highest BCUT2D eigenvalue weighted by Crippen LogP contribution is 1.95. The van der Waals surface area contributed by atoms with Crippen LogP contribution in [0.4, 0.5) is 0 Å². The van der Waals surface area contributed by atoms with Crippen molar-refractivity contribution >= 4 is 5.71 Å². The summed E-state index contributed by atoms with van der Waals surface area (Å²) in [5.41, 5.74) is 1.85. The van der Waals surface area contributed by atoms with Gasteiger partial charge in [-0.15, -0.1) is 0 Å². The molecule has 0 saturated heterocycles. The molecule has 0 amide bonds. The summed E-state index contributed by atoms with van der Waals surface area (Å²) in [5, 5.41) is 18.2. The Morgan fingerprint density at radius 3 is 3.14 bits per heavy atom. The maximum absolute atomic E-state index is 8.55. The molecule has 1 heterocycles. The minimum atomic E-state index is 0.0913. The van der Waals surface area contributed by atoms with Crippen LogP contribution in [0.1, 0.15) is 13.8 Å². The molecular formula is C10H17N3O. The van der Waals surface area contributed by atoms with Gasteiger partial charge in [0.2, 0.25) is 0 Å². The molecule has 1 aliphatic rings. The van der Waals surface area contributed by atoms with E-state index < -0.39 is 0 Å². The summed E-state index contributed by atoms with van der Waals surface area (Å²) in [6.45, 7) is 5.40. The second-order valence-corrected chi connectivity index (χ2v) is 3.34. The molecule has 4 heteroatoms. The van der Waals surface area contributed by atoms with E-state index >= 15 is 0 Å². The zero-order valence-electron chi connectivity index (χ0n) is 8.62. The molecular weight excluding hydrogens is 178 g/mol. The molecule has 0 radical (unpaired) electrons. The summed E-state index contributed by atoms with van der Waals surface area (Å²) < 4.78 is 0. The zero-order valence-corrected chi connectivity index (χ0v) is 8.62. The Morgan fingerprint density at radius 1 is 1.79 bits per heavy atom. The molecule has 0 bridgehead atoms. The third-order valence-electron chi connectivity index (χ3n) is 2.26. The molecule has 1 rings (SSSR count). The highest BCUT2D eigenvalue weighted by molar-refractivity contribution is 5.86. The van der Waals surface area contributed by atoms with Crippen LogP contribution in [0.5, 0.6) is 0 Å². The van der Waals surface area contributed by atoms with Crippen molar-refractivity contribution in [2.75, 3.05) is 13.1 Å². The van der Waals surface area contributed by atoms with Crippen molar-refractivity contribution in [1.29, 1.82) is 0 Å². The molecule has 0 aromatic rings. The second kappa shape index (κ2) is 5.44. The van der Waals surface area contributed by atoms with Gasteiger partial charge in [-0.2, -0.15) is 0 Å². The van der Waals surface area contributed by atoms with Gasteiger partial charge in [-0.25, -0.2) is 0 Å². The van der Waals surface area contributed by atoms with E-state index in [1.807, 2.05) is 19.1 Å². The maximum atomic E-state index is 8.55. The van der Waals surface area contributed by atoms with Gasteiger partial charge < -0.3 is 15.8 Å². The SMILES string of the molecule is CC(=NO)C(C)NCC1=CC=CCN1. The highest BCUT2D eigenvalue weighted by atomic mass is 16.4. The molecule has 0 aromatic heterocycles. The number of hydrogen-bond acceptors (Lipinski definition) is 4. The smallest absolute Gasteiger partial charge is 0.0706 e. The van der Waals surface area contributed by atoms with Crippen LogP contribution in [0.2, 0.25) is 0 Å². The molecule has 0 aromatic carbocycles. The number of dihydropyridines is 1. The lowest BCUT2D eigenvalue weighted by Crippen LogP contribution is -2.36. The summed E-state index contributed by atoms with van der Waals surface area (Å²) in [4.78, 5) is 0. The van der Waals surface area contributed by atoms with E-state index in [1.54, 1.807) is 6.92 Å². The van der Waals surface area contributed by atoms with E-state index in [0.29, 0.717) is 5.71 Å². The standard InChI is InChI=1S/C10H17N3O/c1-8(9(2)13-14)12-7-10-5-3-4-6-11-10/h3-5,8,11-12,14H,6-7H2,1-2H3. The van der Waals surface area contributed by atoms with Gasteiger partial charge in [-0.3, -0.25) is 0 Å². The lowest BCUT2D eigenvalue weighted by molar-refractivity contribution is 0.315. The first-order valence-electron chi connectivity index (χ1n) is 4.75. The molecule has 0 fully saturated rings. The molecule has 78 valence electrons. The van der Waals surface area contributed by atoms with Gasteiger partial charge in [0.25, 0.3) is 0 Å². The molecule has 3 N–H and O–H groups in total. The second-order valence-electron chi connectivity index (χ2n) is 3.34. The topological polar surface area (TPSA) is 56.7 Å². The van der Waals surface area contributed by atoms with E-state index in [1.165, 1.54) is 0 Å². The zero-order chi connectivity index (χ0) is 10.4. The van der Waals surface area contributed by atoms with Gasteiger partial charge in [0.1, 0.15) is 0 Å². The number of nitrogens with zero attached hydrogens (tertiary/aromatic N) is 1. The first-order valence-corrected chi connectivity index (χ1v) is 4.75. The Kier molecular flexibility index (Phi) is 4.19. The summed E-state index contributed by atoms with van der Waals surface area (Å²) in [7, 11) is 0. The summed E-state index contributed by atoms with van der Waals surface area (Å²) in [5.74, 6) is 0. The van der Waals surface area contributed by atoms with Crippen molar-refractivity contribution in [2.45, 2.75) is 19.9 Å². The molecule has 0 spiro atoms. The number of nitrogens with one attached hydrogen (secondary N) is 2. The average molecular weight is 195 g/mol. The van der Waals surface area contributed by atoms with Crippen molar-refractivity contribution in [3.8, 4) is 0 Å². The maximum Gasteiger partial charge on any atom is 0.0706 e. The van der Waals surface area contributed by atoms with Crippen molar-refractivity contribution in [2.24, 2.45) is 5.16 Å². The van der Waals surface area contributed by atoms with Crippen LogP contribution in [0.3, 0.4) is 0 Å². The monoisotopic (exact) mass is 195 g/mol. The lowest BCUT2D eigenvalue weighted by Gasteiger charge is -2.16. The van der Waals surface area contributed by atoms with Crippen LogP contribution in [0, 0.1) is 0 Å². The van der Waals surface area contributed by atoms with Gasteiger partial charge in [-0.1, -0.05) is 17.3 Å². The van der Waals surface area contributed by atoms with Gasteiger partial charge in [-0.05, 0) is 19.9 Å². The number of allylic oxidation sites excluding steroid dienone is 2. The first-order chi connectivity index (χ1) is 6.74. The largest absolute Gasteiger partial charge is 0.411 e. The Labute approximate surface area is 84.4 Å². The van der Waals surface area contributed by atoms with Crippen molar-refractivity contribution < 1.29 is 5.21 Å². The molecule has 0 saturated carbocycles. The van der Waals surface area contributed by atoms with E-state index in [9.17, 15) is 0 Å². The third-order valence-corrected chi connectivity index (χ3v) is 2.26. The van der Waals surface area contributed by atoms with Crippen LogP contribution >= 0.6 is 0 Å². The molecule has 14 heavy (non-hydrogen) atoms. The molecule has 1 unspecified atom stereocenters. The van der Waals surface area contributed by atoms with Crippen molar-refractivity contribution in [3.05, 3.63) is 23.9 Å². The molecule has 0 aliphatic carbocycles. The number of hydrogen-bond donors (Lipinski definition) is 3. The fourth-order valence-electron chi connectivity index (χ4n) is 1.12. The van der Waals surface area contributed by atoms with Crippen LogP contribution in [0.25, 0.3) is 0 Å². The van der Waals surface area contributed by atoms with E-state index in [-0.39, 0.29) is 6.04 Å². The summed E-state index contributed by atoms with van der Waals surface area (Å²) in [6.07, 6.45) is 6.13. The first kappa shape index (κ1) is 10.8. The minimum absolute atomic E-state index is 0.0913. The molecule has 4 nitrogen and oxygen atoms in total. The van der Waals surface area contributed by atoms with Crippen LogP contribution < -0.4 is 10.6 Å². The van der Waals surface area contributed by atoms with E-state index in [2.05, 4.69) is 21.9 Å². The Bertz CT molecular complexity index is 269. The number of rotatable bonds is 4. The highest BCUT2D eigenvalue weighted by Gasteiger charge is 2.06. The van der Waals surface area contributed by atoms with Crippen LogP contribution in [-0.4, -0.2) is 30.1 Å². The molecule has 1 aliphatic heterocycles. The van der Waals surface area contributed by atoms with Crippen molar-refractivity contribution in [1.82, 2.24) is 10.6 Å². The normalized spacial score (nSPS) is 18.7. The predicted molar refractivity (Wildman–Crippen MR) is 57.6 cm³/mol. The van der Waals surface area contributed by atoms with Gasteiger partial charge in [0.15, 0.2) is 0 Å². The van der Waals surface area contributed by atoms with E-state index in [4.69, 9.17) is 5.21 Å².